The van der Waals surface area contributed by atoms with E-state index in [0.29, 0.717) is 0 Å². The standard InChI is InChI=1S/C3H7Cl.H3NO2S/c1-2-3-4;1-4(2)3/h2-3H2,1H3;4H,(H2,1,2,3). The number of nitrogens with two attached hydrogens (primary N) is 1. The van der Waals surface area contributed by atoms with Crippen molar-refractivity contribution in [3.05, 3.63) is 0 Å². The summed E-state index contributed by atoms with van der Waals surface area (Å²) in [5, 5.41) is 4.06. The first-order valence-corrected chi connectivity index (χ1v) is 3.88. The summed E-state index contributed by atoms with van der Waals surface area (Å²) < 4.78 is 17.6. The molecular formula is C3H10ClNO2S. The molecule has 0 bridgehead atoms. The second-order valence-electron chi connectivity index (χ2n) is 0.974. The van der Waals surface area contributed by atoms with Gasteiger partial charge in [0.15, 0.2) is 10.9 Å². The third-order valence-electron chi connectivity index (χ3n) is 0.189. The fourth-order valence-corrected chi connectivity index (χ4v) is 0. The molecule has 0 rings (SSSR count). The first-order valence-electron chi connectivity index (χ1n) is 2.10. The van der Waals surface area contributed by atoms with Crippen LogP contribution in [0.3, 0.4) is 0 Å². The van der Waals surface area contributed by atoms with Crippen molar-refractivity contribution in [2.24, 2.45) is 5.14 Å². The molecule has 0 heterocycles. The molecule has 0 amide bonds. The van der Waals surface area contributed by atoms with Crippen molar-refractivity contribution in [3.8, 4) is 0 Å². The second-order valence-corrected chi connectivity index (χ2v) is 1.92. The summed E-state index contributed by atoms with van der Waals surface area (Å²) in [6, 6.07) is 0. The van der Waals surface area contributed by atoms with Gasteiger partial charge in [-0.3, -0.25) is 0 Å². The van der Waals surface area contributed by atoms with Crippen molar-refractivity contribution in [2.45, 2.75) is 13.3 Å². The molecule has 2 N–H and O–H groups in total. The third-order valence-corrected chi connectivity index (χ3v) is 0.567. The Hall–Kier alpha value is 0.200. The van der Waals surface area contributed by atoms with Crippen molar-refractivity contribution < 1.29 is 8.42 Å². The predicted molar refractivity (Wildman–Crippen MR) is 35.5 cm³/mol. The van der Waals surface area contributed by atoms with E-state index in [4.69, 9.17) is 20.0 Å². The van der Waals surface area contributed by atoms with Crippen molar-refractivity contribution in [1.82, 2.24) is 0 Å². The zero-order valence-electron chi connectivity index (χ0n) is 4.63. The first kappa shape index (κ1) is 11.1. The van der Waals surface area contributed by atoms with Crippen molar-refractivity contribution >= 4 is 22.5 Å². The predicted octanol–water partition coefficient (Wildman–Crippen LogP) is 0.107. The van der Waals surface area contributed by atoms with E-state index in [0.717, 1.165) is 12.3 Å². The summed E-state index contributed by atoms with van der Waals surface area (Å²) in [5.74, 6) is 0.792. The molecule has 3 nitrogen and oxygen atoms in total. The molecule has 0 aliphatic heterocycles. The molecule has 5 heteroatoms. The van der Waals surface area contributed by atoms with Crippen LogP contribution in [0.5, 0.6) is 0 Å². The summed E-state index contributed by atoms with van der Waals surface area (Å²) >= 11 is 5.19. The number of hydrogen-bond donors (Lipinski definition) is 2. The van der Waals surface area contributed by atoms with Gasteiger partial charge in [-0.1, -0.05) is 6.92 Å². The van der Waals surface area contributed by atoms with Gasteiger partial charge in [-0.25, -0.2) is 13.6 Å². The summed E-state index contributed by atoms with van der Waals surface area (Å²) in [6.45, 7) is 2.05. The molecular weight excluding hydrogens is 150 g/mol. The summed E-state index contributed by atoms with van der Waals surface area (Å²) in [5.41, 5.74) is 0. The number of alkyl halides is 1. The lowest BCUT2D eigenvalue weighted by Gasteiger charge is -1.65. The highest BCUT2D eigenvalue weighted by Crippen LogP contribution is 1.75. The molecule has 0 aliphatic carbocycles. The minimum Gasteiger partial charge on any atom is -0.231 e. The van der Waals surface area contributed by atoms with Gasteiger partial charge in [0, 0.05) is 5.88 Å². The Bertz CT molecular complexity index is 83.3. The number of halogens is 1. The highest BCUT2D eigenvalue weighted by Gasteiger charge is 1.59. The Morgan fingerprint density at radius 2 is 1.75 bits per heavy atom. The average Bonchev–Trinajstić information content (AvgIpc) is 1.65. The van der Waals surface area contributed by atoms with Crippen LogP contribution in [0.15, 0.2) is 0 Å². The van der Waals surface area contributed by atoms with Crippen LogP contribution in [0.1, 0.15) is 13.3 Å². The zero-order valence-corrected chi connectivity index (χ0v) is 6.28. The minimum absolute atomic E-state index is 0.792. The zero-order chi connectivity index (χ0) is 6.99. The Kier molecular flexibility index (Phi) is 14.1. The van der Waals surface area contributed by atoms with Gasteiger partial charge in [0.25, 0.3) is 0 Å². The molecule has 0 fully saturated rings. The van der Waals surface area contributed by atoms with Gasteiger partial charge >= 0.3 is 0 Å². The van der Waals surface area contributed by atoms with E-state index >= 15 is 0 Å². The fraction of sp³-hybridized carbons (Fsp3) is 1.00. The lowest BCUT2D eigenvalue weighted by molar-refractivity contribution is 0.616. The van der Waals surface area contributed by atoms with Gasteiger partial charge in [0.1, 0.15) is 0 Å². The smallest absolute Gasteiger partial charge is 0.198 e. The van der Waals surface area contributed by atoms with Crippen molar-refractivity contribution in [3.63, 3.8) is 0 Å². The summed E-state index contributed by atoms with van der Waals surface area (Å²) in [6.07, 6.45) is 1.08. The highest BCUT2D eigenvalue weighted by molar-refractivity contribution is 7.69. The monoisotopic (exact) mass is 159 g/mol. The number of hydrogen-bond acceptors (Lipinski definition) is 2. The van der Waals surface area contributed by atoms with Gasteiger partial charge < -0.3 is 0 Å². The Balaban J connectivity index is 0. The van der Waals surface area contributed by atoms with Crippen LogP contribution in [0, 0.1) is 0 Å². The molecule has 0 aliphatic rings. The Labute approximate surface area is 55.9 Å². The van der Waals surface area contributed by atoms with Crippen LogP contribution in [-0.4, -0.2) is 14.3 Å². The molecule has 0 aromatic rings. The first-order chi connectivity index (χ1) is 3.65. The Morgan fingerprint density at radius 3 is 1.75 bits per heavy atom. The molecule has 52 valence electrons. The molecule has 0 saturated heterocycles. The maximum Gasteiger partial charge on any atom is 0.198 e. The fourth-order valence-electron chi connectivity index (χ4n) is 0. The summed E-state index contributed by atoms with van der Waals surface area (Å²) in [4.78, 5) is 0. The molecule has 0 radical (unpaired) electrons. The number of rotatable bonds is 1. The lowest BCUT2D eigenvalue weighted by atomic mass is 10.6. The van der Waals surface area contributed by atoms with E-state index < -0.39 is 10.9 Å². The lowest BCUT2D eigenvalue weighted by Crippen LogP contribution is -1.85. The van der Waals surface area contributed by atoms with E-state index in [9.17, 15) is 0 Å². The SMILES string of the molecule is CCCCl.N[SH](=O)=O. The van der Waals surface area contributed by atoms with Crippen LogP contribution in [0.2, 0.25) is 0 Å². The van der Waals surface area contributed by atoms with Crippen molar-refractivity contribution in [1.29, 1.82) is 0 Å². The summed E-state index contributed by atoms with van der Waals surface area (Å²) in [7, 11) is -2.62. The van der Waals surface area contributed by atoms with E-state index in [1.807, 2.05) is 6.92 Å². The van der Waals surface area contributed by atoms with Gasteiger partial charge in [-0.15, -0.1) is 11.6 Å². The van der Waals surface area contributed by atoms with E-state index in [1.165, 1.54) is 0 Å². The second kappa shape index (κ2) is 10.2. The molecule has 0 saturated carbocycles. The molecule has 0 spiro atoms. The molecule has 0 atom stereocenters. The average molecular weight is 160 g/mol. The van der Waals surface area contributed by atoms with Gasteiger partial charge in [0.05, 0.1) is 0 Å². The van der Waals surface area contributed by atoms with E-state index in [-0.39, 0.29) is 0 Å². The van der Waals surface area contributed by atoms with Crippen LogP contribution in [-0.2, 0) is 10.9 Å². The molecule has 0 aromatic carbocycles. The van der Waals surface area contributed by atoms with E-state index in [2.05, 4.69) is 5.14 Å². The topological polar surface area (TPSA) is 60.2 Å². The van der Waals surface area contributed by atoms with Gasteiger partial charge in [-0.2, -0.15) is 0 Å². The number of thiol groups is 1. The van der Waals surface area contributed by atoms with Crippen molar-refractivity contribution in [2.75, 3.05) is 5.88 Å². The maximum absolute atomic E-state index is 8.81. The van der Waals surface area contributed by atoms with Crippen LogP contribution in [0.4, 0.5) is 0 Å². The molecule has 0 unspecified atom stereocenters. The van der Waals surface area contributed by atoms with Crippen LogP contribution < -0.4 is 5.14 Å². The highest BCUT2D eigenvalue weighted by atomic mass is 35.5. The van der Waals surface area contributed by atoms with E-state index in [1.54, 1.807) is 0 Å². The Morgan fingerprint density at radius 1 is 1.62 bits per heavy atom. The van der Waals surface area contributed by atoms with Crippen LogP contribution >= 0.6 is 11.6 Å². The molecule has 8 heavy (non-hydrogen) atoms. The largest absolute Gasteiger partial charge is 0.231 e. The minimum atomic E-state index is -2.62. The normalized spacial score (nSPS) is 8.00. The molecule has 0 aromatic heterocycles. The quantitative estimate of drug-likeness (QED) is 0.422. The van der Waals surface area contributed by atoms with Gasteiger partial charge in [0.2, 0.25) is 0 Å². The van der Waals surface area contributed by atoms with Crippen LogP contribution in [0.25, 0.3) is 0 Å². The third kappa shape index (κ3) is 116. The maximum atomic E-state index is 8.81. The van der Waals surface area contributed by atoms with Gasteiger partial charge in [-0.05, 0) is 6.42 Å².